The van der Waals surface area contributed by atoms with E-state index >= 15 is 0 Å². The van der Waals surface area contributed by atoms with Crippen molar-refractivity contribution in [1.29, 1.82) is 0 Å². The van der Waals surface area contributed by atoms with Crippen LogP contribution in [-0.2, 0) is 25.8 Å². The molecule has 2 amide bonds. The van der Waals surface area contributed by atoms with Crippen molar-refractivity contribution in [3.63, 3.8) is 0 Å². The molecule has 0 radical (unpaired) electrons. The fourth-order valence-corrected chi connectivity index (χ4v) is 6.13. The lowest BCUT2D eigenvalue weighted by Gasteiger charge is -2.35. The second kappa shape index (κ2) is 8.18. The van der Waals surface area contributed by atoms with Gasteiger partial charge in [0, 0.05) is 26.2 Å². The minimum atomic E-state index is -4.63. The van der Waals surface area contributed by atoms with Crippen LogP contribution in [0.4, 0.5) is 13.2 Å². The summed E-state index contributed by atoms with van der Waals surface area (Å²) < 4.78 is 65.6. The molecule has 170 valence electrons. The number of rotatable bonds is 4. The smallest absolute Gasteiger partial charge is 0.283 e. The molecule has 2 saturated heterocycles. The molecule has 31 heavy (non-hydrogen) atoms. The molecule has 4 rings (SSSR count). The number of sulfonamides is 1. The van der Waals surface area contributed by atoms with Gasteiger partial charge < -0.3 is 0 Å². The Morgan fingerprint density at radius 1 is 0.935 bits per heavy atom. The van der Waals surface area contributed by atoms with Gasteiger partial charge in [0.25, 0.3) is 0 Å². The molecule has 0 spiro atoms. The number of likely N-dealkylation sites (tertiary alicyclic amines) is 1. The van der Waals surface area contributed by atoms with E-state index in [-0.39, 0.29) is 56.5 Å². The fraction of sp³-hybridized carbons (Fsp3) is 0.600. The Morgan fingerprint density at radius 3 is 2.06 bits per heavy atom. The lowest BCUT2D eigenvalue weighted by atomic mass is 9.81. The van der Waals surface area contributed by atoms with Crippen LogP contribution < -0.4 is 0 Å². The molecule has 3 aliphatic rings. The van der Waals surface area contributed by atoms with Gasteiger partial charge in [0.2, 0.25) is 21.8 Å². The first-order valence-electron chi connectivity index (χ1n) is 10.3. The second-order valence-electron chi connectivity index (χ2n) is 8.29. The summed E-state index contributed by atoms with van der Waals surface area (Å²) >= 11 is 0. The van der Waals surface area contributed by atoms with E-state index in [0.29, 0.717) is 6.07 Å². The normalized spacial score (nSPS) is 26.4. The van der Waals surface area contributed by atoms with Gasteiger partial charge in [0.05, 0.1) is 29.0 Å². The molecule has 0 N–H and O–H groups in total. The largest absolute Gasteiger partial charge is 0.416 e. The van der Waals surface area contributed by atoms with E-state index in [2.05, 4.69) is 0 Å². The maximum Gasteiger partial charge on any atom is 0.416 e. The highest BCUT2D eigenvalue weighted by atomic mass is 32.2. The van der Waals surface area contributed by atoms with E-state index in [1.807, 2.05) is 4.90 Å². The maximum atomic E-state index is 12.9. The van der Waals surface area contributed by atoms with Crippen LogP contribution in [0.2, 0.25) is 0 Å². The van der Waals surface area contributed by atoms with Gasteiger partial charge in [-0.3, -0.25) is 19.4 Å². The Bertz CT molecular complexity index is 950. The zero-order valence-electron chi connectivity index (χ0n) is 16.8. The number of benzene rings is 1. The molecule has 7 nitrogen and oxygen atoms in total. The predicted octanol–water partition coefficient (Wildman–Crippen LogP) is 2.14. The van der Waals surface area contributed by atoms with Crippen LogP contribution in [0.3, 0.4) is 0 Å². The minimum Gasteiger partial charge on any atom is -0.283 e. The van der Waals surface area contributed by atoms with E-state index in [1.54, 1.807) is 0 Å². The van der Waals surface area contributed by atoms with Crippen LogP contribution in [0, 0.1) is 11.8 Å². The van der Waals surface area contributed by atoms with Gasteiger partial charge in [-0.1, -0.05) is 18.9 Å². The number of carbonyl (C=O) groups is 2. The van der Waals surface area contributed by atoms with Gasteiger partial charge >= 0.3 is 6.18 Å². The third-order valence-corrected chi connectivity index (χ3v) is 8.30. The number of hydrogen-bond donors (Lipinski definition) is 0. The van der Waals surface area contributed by atoms with Crippen LogP contribution in [0.5, 0.6) is 0 Å². The number of amides is 2. The van der Waals surface area contributed by atoms with Gasteiger partial charge in [-0.05, 0) is 31.0 Å². The molecular weight excluding hydrogens is 435 g/mol. The summed E-state index contributed by atoms with van der Waals surface area (Å²) in [5, 5.41) is 0. The molecule has 1 aromatic rings. The number of hydrogen-bond acceptors (Lipinski definition) is 5. The summed E-state index contributed by atoms with van der Waals surface area (Å²) in [6.45, 7) is 0.834. The average molecular weight is 459 g/mol. The Hall–Kier alpha value is -1.98. The summed E-state index contributed by atoms with van der Waals surface area (Å²) in [4.78, 5) is 28.0. The van der Waals surface area contributed by atoms with E-state index in [9.17, 15) is 31.2 Å². The van der Waals surface area contributed by atoms with Gasteiger partial charge in [0.1, 0.15) is 0 Å². The van der Waals surface area contributed by atoms with E-state index in [0.717, 1.165) is 48.2 Å². The summed E-state index contributed by atoms with van der Waals surface area (Å²) in [6, 6.07) is 3.71. The van der Waals surface area contributed by atoms with Crippen molar-refractivity contribution in [3.8, 4) is 0 Å². The highest BCUT2D eigenvalue weighted by Gasteiger charge is 2.48. The molecule has 1 aliphatic carbocycles. The van der Waals surface area contributed by atoms with Crippen LogP contribution in [0.1, 0.15) is 31.2 Å². The van der Waals surface area contributed by atoms with Crippen LogP contribution in [0.15, 0.2) is 29.2 Å². The summed E-state index contributed by atoms with van der Waals surface area (Å²) in [6.07, 6.45) is -1.28. The van der Waals surface area contributed by atoms with E-state index in [1.165, 1.54) is 4.90 Å². The Balaban J connectivity index is 1.40. The molecule has 2 heterocycles. The Labute approximate surface area is 178 Å². The van der Waals surface area contributed by atoms with Crippen molar-refractivity contribution in [2.75, 3.05) is 32.8 Å². The second-order valence-corrected chi connectivity index (χ2v) is 10.2. The first-order valence-corrected chi connectivity index (χ1v) is 11.8. The van der Waals surface area contributed by atoms with Gasteiger partial charge in [-0.2, -0.15) is 17.5 Å². The fourth-order valence-electron chi connectivity index (χ4n) is 4.66. The molecule has 1 saturated carbocycles. The third-order valence-electron chi connectivity index (χ3n) is 6.40. The number of alkyl halides is 3. The number of piperazine rings is 1. The van der Waals surface area contributed by atoms with Crippen LogP contribution in [0.25, 0.3) is 0 Å². The van der Waals surface area contributed by atoms with Crippen molar-refractivity contribution in [3.05, 3.63) is 29.8 Å². The summed E-state index contributed by atoms with van der Waals surface area (Å²) in [5.74, 6) is -0.755. The zero-order valence-corrected chi connectivity index (χ0v) is 17.7. The SMILES string of the molecule is O=C1[C@H]2CCCC[C@@H]2C(=O)N1CN1CCN(S(=O)(=O)c2cccc(C(F)(F)F)c2)CC1. The van der Waals surface area contributed by atoms with Crippen molar-refractivity contribution >= 4 is 21.8 Å². The lowest BCUT2D eigenvalue weighted by molar-refractivity contribution is -0.143. The first kappa shape index (κ1) is 22.2. The number of halogens is 3. The highest BCUT2D eigenvalue weighted by Crippen LogP contribution is 2.38. The van der Waals surface area contributed by atoms with Gasteiger partial charge in [-0.25, -0.2) is 8.42 Å². The molecular formula is C20H24F3N3O4S. The molecule has 0 aromatic heterocycles. The maximum absolute atomic E-state index is 12.9. The van der Waals surface area contributed by atoms with Crippen molar-refractivity contribution in [1.82, 2.24) is 14.1 Å². The average Bonchev–Trinajstić information content (AvgIpc) is 2.99. The standard InChI is InChI=1S/C20H24F3N3O4S/c21-20(22,23)14-4-3-5-15(12-14)31(29,30)25-10-8-24(9-11-25)13-26-18(27)16-6-1-2-7-17(16)19(26)28/h3-5,12,16-17H,1-2,6-11,13H2/t16-,17-/m0/s1. The molecule has 2 aliphatic heterocycles. The molecule has 1 aromatic carbocycles. The van der Waals surface area contributed by atoms with Gasteiger partial charge in [-0.15, -0.1) is 0 Å². The molecule has 0 unspecified atom stereocenters. The van der Waals surface area contributed by atoms with Gasteiger partial charge in [0.15, 0.2) is 0 Å². The van der Waals surface area contributed by atoms with Crippen molar-refractivity contribution < 1.29 is 31.2 Å². The summed E-state index contributed by atoms with van der Waals surface area (Å²) in [7, 11) is -4.08. The molecule has 2 atom stereocenters. The topological polar surface area (TPSA) is 78.0 Å². The van der Waals surface area contributed by atoms with E-state index < -0.39 is 26.7 Å². The van der Waals surface area contributed by atoms with E-state index in [4.69, 9.17) is 0 Å². The number of fused-ring (bicyclic) bond motifs is 1. The third kappa shape index (κ3) is 4.22. The first-order chi connectivity index (χ1) is 14.6. The van der Waals surface area contributed by atoms with Crippen LogP contribution >= 0.6 is 0 Å². The van der Waals surface area contributed by atoms with Crippen molar-refractivity contribution in [2.45, 2.75) is 36.8 Å². The Kier molecular flexibility index (Phi) is 5.86. The molecule has 11 heteroatoms. The molecule has 0 bridgehead atoms. The molecule has 3 fully saturated rings. The monoisotopic (exact) mass is 459 g/mol. The lowest BCUT2D eigenvalue weighted by Crippen LogP contribution is -2.52. The number of imide groups is 1. The minimum absolute atomic E-state index is 0.0711. The summed E-state index contributed by atoms with van der Waals surface area (Å²) in [5.41, 5.74) is -1.01. The predicted molar refractivity (Wildman–Crippen MR) is 104 cm³/mol. The zero-order chi connectivity index (χ0) is 22.4. The number of carbonyl (C=O) groups excluding carboxylic acids is 2. The van der Waals surface area contributed by atoms with Crippen LogP contribution in [-0.4, -0.2) is 67.2 Å². The number of nitrogens with zero attached hydrogens (tertiary/aromatic N) is 3. The Morgan fingerprint density at radius 2 is 1.52 bits per heavy atom. The highest BCUT2D eigenvalue weighted by molar-refractivity contribution is 7.89. The van der Waals surface area contributed by atoms with Crippen molar-refractivity contribution in [2.24, 2.45) is 11.8 Å². The quantitative estimate of drug-likeness (QED) is 0.645.